The zero-order chi connectivity index (χ0) is 17.7. The molecule has 3 rings (SSSR count). The summed E-state index contributed by atoms with van der Waals surface area (Å²) in [6.45, 7) is 4.87. The Kier molecular flexibility index (Phi) is 5.97. The van der Waals surface area contributed by atoms with E-state index in [-0.39, 0.29) is 24.5 Å². The van der Waals surface area contributed by atoms with Crippen LogP contribution in [0.5, 0.6) is 5.75 Å². The van der Waals surface area contributed by atoms with Gasteiger partial charge in [0.15, 0.2) is 6.61 Å². The fraction of sp³-hybridized carbons (Fsp3) is 0.650. The van der Waals surface area contributed by atoms with Gasteiger partial charge in [-0.15, -0.1) is 0 Å². The monoisotopic (exact) mass is 346 g/mol. The van der Waals surface area contributed by atoms with Crippen molar-refractivity contribution < 1.29 is 14.6 Å². The molecule has 2 fully saturated rings. The van der Waals surface area contributed by atoms with E-state index in [1.54, 1.807) is 0 Å². The predicted molar refractivity (Wildman–Crippen MR) is 97.4 cm³/mol. The molecule has 1 aromatic carbocycles. The first-order valence-electron chi connectivity index (χ1n) is 9.45. The fourth-order valence-electron chi connectivity index (χ4n) is 3.99. The van der Waals surface area contributed by atoms with Crippen molar-refractivity contribution in [1.82, 2.24) is 10.2 Å². The summed E-state index contributed by atoms with van der Waals surface area (Å²) in [6, 6.07) is 8.21. The Morgan fingerprint density at radius 3 is 2.84 bits per heavy atom. The average molecular weight is 346 g/mol. The highest BCUT2D eigenvalue weighted by atomic mass is 16.5. The number of nitrogens with one attached hydrogen (secondary N) is 1. The van der Waals surface area contributed by atoms with E-state index in [4.69, 9.17) is 4.74 Å². The lowest BCUT2D eigenvalue weighted by Crippen LogP contribution is -2.41. The Morgan fingerprint density at radius 2 is 2.08 bits per heavy atom. The number of aliphatic hydroxyl groups is 1. The number of rotatable bonds is 7. The number of hydrogen-bond acceptors (Lipinski definition) is 4. The highest BCUT2D eigenvalue weighted by Gasteiger charge is 2.37. The van der Waals surface area contributed by atoms with Crippen LogP contribution in [0.2, 0.25) is 0 Å². The number of para-hydroxylation sites is 1. The van der Waals surface area contributed by atoms with Crippen LogP contribution in [-0.2, 0) is 11.3 Å². The number of carbonyl (C=O) groups excluding carboxylic acids is 1. The number of carbonyl (C=O) groups is 1. The largest absolute Gasteiger partial charge is 0.483 e. The maximum atomic E-state index is 12.2. The van der Waals surface area contributed by atoms with E-state index in [9.17, 15) is 9.90 Å². The van der Waals surface area contributed by atoms with Crippen LogP contribution < -0.4 is 10.1 Å². The average Bonchev–Trinajstić information content (AvgIpc) is 3.29. The molecule has 1 aliphatic heterocycles. The van der Waals surface area contributed by atoms with Crippen molar-refractivity contribution in [3.63, 3.8) is 0 Å². The van der Waals surface area contributed by atoms with Gasteiger partial charge in [0.2, 0.25) is 0 Å². The summed E-state index contributed by atoms with van der Waals surface area (Å²) in [5, 5.41) is 13.3. The Labute approximate surface area is 150 Å². The molecule has 5 nitrogen and oxygen atoms in total. The molecule has 2 aliphatic rings. The van der Waals surface area contributed by atoms with Crippen molar-refractivity contribution in [2.45, 2.75) is 51.6 Å². The van der Waals surface area contributed by atoms with Gasteiger partial charge in [-0.2, -0.15) is 0 Å². The van der Waals surface area contributed by atoms with E-state index in [1.807, 2.05) is 29.2 Å². The second-order valence-electron chi connectivity index (χ2n) is 7.62. The number of amides is 1. The summed E-state index contributed by atoms with van der Waals surface area (Å²) in [4.78, 5) is 14.1. The molecule has 1 aliphatic carbocycles. The molecule has 0 bridgehead atoms. The Balaban J connectivity index is 1.56. The molecule has 2 unspecified atom stereocenters. The molecule has 5 heteroatoms. The molecule has 1 aromatic rings. The minimum atomic E-state index is -0.0402. The summed E-state index contributed by atoms with van der Waals surface area (Å²) in [7, 11) is 0. The SMILES string of the molecule is CC1(CO)CCCC1NCc1ccccc1OCC(=O)N1CCCC1. The van der Waals surface area contributed by atoms with E-state index in [1.165, 1.54) is 0 Å². The van der Waals surface area contributed by atoms with Gasteiger partial charge in [0.25, 0.3) is 5.91 Å². The van der Waals surface area contributed by atoms with Crippen LogP contribution in [0, 0.1) is 5.41 Å². The predicted octanol–water partition coefficient (Wildman–Crippen LogP) is 2.33. The topological polar surface area (TPSA) is 61.8 Å². The normalized spacial score (nSPS) is 26.2. The van der Waals surface area contributed by atoms with E-state index in [2.05, 4.69) is 12.2 Å². The number of nitrogens with zero attached hydrogens (tertiary/aromatic N) is 1. The van der Waals surface area contributed by atoms with Crippen molar-refractivity contribution in [2.75, 3.05) is 26.3 Å². The number of benzene rings is 1. The third-order valence-corrected chi connectivity index (χ3v) is 5.76. The maximum absolute atomic E-state index is 12.2. The van der Waals surface area contributed by atoms with E-state index < -0.39 is 0 Å². The molecule has 0 aromatic heterocycles. The molecule has 2 atom stereocenters. The van der Waals surface area contributed by atoms with Crippen LogP contribution in [0.25, 0.3) is 0 Å². The number of likely N-dealkylation sites (tertiary alicyclic amines) is 1. The quantitative estimate of drug-likeness (QED) is 0.795. The fourth-order valence-corrected chi connectivity index (χ4v) is 3.99. The second-order valence-corrected chi connectivity index (χ2v) is 7.62. The van der Waals surface area contributed by atoms with Crippen LogP contribution in [0.15, 0.2) is 24.3 Å². The van der Waals surface area contributed by atoms with Crippen molar-refractivity contribution in [3.8, 4) is 5.75 Å². The molecule has 1 saturated carbocycles. The third-order valence-electron chi connectivity index (χ3n) is 5.76. The smallest absolute Gasteiger partial charge is 0.260 e. The summed E-state index contributed by atoms with van der Waals surface area (Å²) < 4.78 is 5.82. The minimum Gasteiger partial charge on any atom is -0.483 e. The molecule has 2 N–H and O–H groups in total. The minimum absolute atomic E-state index is 0.0402. The van der Waals surface area contributed by atoms with E-state index >= 15 is 0 Å². The van der Waals surface area contributed by atoms with Gasteiger partial charge in [-0.1, -0.05) is 31.5 Å². The van der Waals surface area contributed by atoms with Crippen molar-refractivity contribution >= 4 is 5.91 Å². The first-order valence-corrected chi connectivity index (χ1v) is 9.45. The van der Waals surface area contributed by atoms with E-state index in [0.717, 1.165) is 56.5 Å². The van der Waals surface area contributed by atoms with Gasteiger partial charge >= 0.3 is 0 Å². The Hall–Kier alpha value is -1.59. The van der Waals surface area contributed by atoms with Crippen molar-refractivity contribution in [1.29, 1.82) is 0 Å². The van der Waals surface area contributed by atoms with Gasteiger partial charge in [-0.3, -0.25) is 4.79 Å². The van der Waals surface area contributed by atoms with Gasteiger partial charge in [0.05, 0.1) is 0 Å². The lowest BCUT2D eigenvalue weighted by molar-refractivity contribution is -0.132. The molecule has 1 amide bonds. The zero-order valence-corrected chi connectivity index (χ0v) is 15.2. The molecule has 138 valence electrons. The van der Waals surface area contributed by atoms with Crippen LogP contribution in [-0.4, -0.2) is 48.3 Å². The highest BCUT2D eigenvalue weighted by Crippen LogP contribution is 2.37. The second kappa shape index (κ2) is 8.19. The van der Waals surface area contributed by atoms with Gasteiger partial charge < -0.3 is 20.1 Å². The number of aliphatic hydroxyl groups excluding tert-OH is 1. The van der Waals surface area contributed by atoms with Crippen molar-refractivity contribution in [2.24, 2.45) is 5.41 Å². The molecule has 1 heterocycles. The van der Waals surface area contributed by atoms with E-state index in [0.29, 0.717) is 12.6 Å². The standard InChI is InChI=1S/C20H30N2O3/c1-20(15-23)10-6-9-18(20)21-13-16-7-2-3-8-17(16)25-14-19(24)22-11-4-5-12-22/h2-3,7-8,18,21,23H,4-6,9-15H2,1H3. The maximum Gasteiger partial charge on any atom is 0.260 e. The zero-order valence-electron chi connectivity index (χ0n) is 15.2. The first-order chi connectivity index (χ1) is 12.1. The van der Waals surface area contributed by atoms with Gasteiger partial charge in [0, 0.05) is 43.3 Å². The Bertz CT molecular complexity index is 586. The summed E-state index contributed by atoms with van der Waals surface area (Å²) >= 11 is 0. The van der Waals surface area contributed by atoms with Crippen molar-refractivity contribution in [3.05, 3.63) is 29.8 Å². The van der Waals surface area contributed by atoms with Gasteiger partial charge in [-0.25, -0.2) is 0 Å². The van der Waals surface area contributed by atoms with Gasteiger partial charge in [0.1, 0.15) is 5.75 Å². The van der Waals surface area contributed by atoms with Crippen LogP contribution in [0.1, 0.15) is 44.6 Å². The molecule has 0 radical (unpaired) electrons. The van der Waals surface area contributed by atoms with Crippen LogP contribution in [0.3, 0.4) is 0 Å². The first kappa shape index (κ1) is 18.2. The molecule has 1 saturated heterocycles. The summed E-state index contributed by atoms with van der Waals surface area (Å²) in [6.07, 6.45) is 5.49. The lowest BCUT2D eigenvalue weighted by Gasteiger charge is -2.30. The van der Waals surface area contributed by atoms with Gasteiger partial charge in [-0.05, 0) is 31.7 Å². The molecule has 0 spiro atoms. The van der Waals surface area contributed by atoms with Crippen LogP contribution >= 0.6 is 0 Å². The lowest BCUT2D eigenvalue weighted by atomic mass is 9.85. The number of hydrogen-bond donors (Lipinski definition) is 2. The molecular weight excluding hydrogens is 316 g/mol. The summed E-state index contributed by atoms with van der Waals surface area (Å²) in [5.74, 6) is 0.843. The molecular formula is C20H30N2O3. The number of ether oxygens (including phenoxy) is 1. The Morgan fingerprint density at radius 1 is 1.32 bits per heavy atom. The molecule has 25 heavy (non-hydrogen) atoms. The van der Waals surface area contributed by atoms with Crippen LogP contribution in [0.4, 0.5) is 0 Å². The summed E-state index contributed by atoms with van der Waals surface area (Å²) in [5.41, 5.74) is 1.02. The third kappa shape index (κ3) is 4.33. The highest BCUT2D eigenvalue weighted by molar-refractivity contribution is 5.78.